The summed E-state index contributed by atoms with van der Waals surface area (Å²) in [6.45, 7) is 4.58. The Hall–Kier alpha value is -1.30. The minimum Gasteiger partial charge on any atom is -0.396 e. The van der Waals surface area contributed by atoms with Gasteiger partial charge in [-0.2, -0.15) is 0 Å². The van der Waals surface area contributed by atoms with E-state index in [0.717, 1.165) is 36.6 Å². The Kier molecular flexibility index (Phi) is 4.63. The minimum atomic E-state index is 0.322. The molecular formula is C16H21N3OS. The number of pyridine rings is 1. The van der Waals surface area contributed by atoms with Gasteiger partial charge in [-0.15, -0.1) is 11.3 Å². The lowest BCUT2D eigenvalue weighted by molar-refractivity contribution is 0.0846. The molecule has 21 heavy (non-hydrogen) atoms. The summed E-state index contributed by atoms with van der Waals surface area (Å²) in [6, 6.07) is 6.44. The molecule has 2 atom stereocenters. The highest BCUT2D eigenvalue weighted by Crippen LogP contribution is 2.28. The first-order valence-corrected chi connectivity index (χ1v) is 8.29. The highest BCUT2D eigenvalue weighted by atomic mass is 32.1. The number of rotatable bonds is 4. The van der Waals surface area contributed by atoms with Crippen molar-refractivity contribution < 1.29 is 5.11 Å². The van der Waals surface area contributed by atoms with Crippen molar-refractivity contribution in [3.8, 4) is 10.7 Å². The van der Waals surface area contributed by atoms with Crippen LogP contribution < -0.4 is 0 Å². The van der Waals surface area contributed by atoms with Crippen molar-refractivity contribution in [1.82, 2.24) is 14.9 Å². The molecule has 0 amide bonds. The number of nitrogens with zero attached hydrogens (tertiary/aromatic N) is 3. The summed E-state index contributed by atoms with van der Waals surface area (Å²) in [7, 11) is 0. The second kappa shape index (κ2) is 6.64. The maximum absolute atomic E-state index is 9.28. The molecule has 1 saturated heterocycles. The lowest BCUT2D eigenvalue weighted by Gasteiger charge is -2.36. The lowest BCUT2D eigenvalue weighted by Crippen LogP contribution is -2.40. The molecule has 0 radical (unpaired) electrons. The largest absolute Gasteiger partial charge is 0.396 e. The van der Waals surface area contributed by atoms with E-state index in [1.807, 2.05) is 24.4 Å². The highest BCUT2D eigenvalue weighted by molar-refractivity contribution is 7.14. The van der Waals surface area contributed by atoms with Gasteiger partial charge >= 0.3 is 0 Å². The van der Waals surface area contributed by atoms with Crippen molar-refractivity contribution in [3.05, 3.63) is 35.5 Å². The van der Waals surface area contributed by atoms with Crippen LogP contribution >= 0.6 is 11.3 Å². The van der Waals surface area contributed by atoms with E-state index in [1.54, 1.807) is 17.5 Å². The van der Waals surface area contributed by atoms with Gasteiger partial charge in [0, 0.05) is 36.5 Å². The fourth-order valence-corrected chi connectivity index (χ4v) is 3.82. The molecular weight excluding hydrogens is 282 g/mol. The Balaban J connectivity index is 1.65. The molecule has 4 nitrogen and oxygen atoms in total. The molecule has 0 bridgehead atoms. The van der Waals surface area contributed by atoms with Crippen molar-refractivity contribution >= 4 is 11.3 Å². The fraction of sp³-hybridized carbons (Fsp3) is 0.500. The summed E-state index contributed by atoms with van der Waals surface area (Å²) in [6.07, 6.45) is 5.95. The summed E-state index contributed by atoms with van der Waals surface area (Å²) in [5.41, 5.74) is 0.945. The zero-order chi connectivity index (χ0) is 14.7. The number of aliphatic hydroxyl groups is 1. The van der Waals surface area contributed by atoms with E-state index in [-0.39, 0.29) is 0 Å². The molecule has 1 N–H and O–H groups in total. The van der Waals surface area contributed by atoms with Gasteiger partial charge in [-0.1, -0.05) is 6.07 Å². The molecule has 0 spiro atoms. The van der Waals surface area contributed by atoms with Crippen LogP contribution in [-0.2, 0) is 6.54 Å². The third-order valence-electron chi connectivity index (χ3n) is 4.18. The molecule has 5 heteroatoms. The molecule has 1 fully saturated rings. The number of thiazole rings is 1. The highest BCUT2D eigenvalue weighted by Gasteiger charge is 2.25. The van der Waals surface area contributed by atoms with Gasteiger partial charge in [-0.3, -0.25) is 9.88 Å². The number of hydrogen-bond donors (Lipinski definition) is 1. The first-order valence-electron chi connectivity index (χ1n) is 7.47. The zero-order valence-corrected chi connectivity index (χ0v) is 13.1. The van der Waals surface area contributed by atoms with Gasteiger partial charge in [0.1, 0.15) is 5.01 Å². The molecule has 2 aromatic heterocycles. The molecule has 112 valence electrons. The van der Waals surface area contributed by atoms with E-state index >= 15 is 0 Å². The average molecular weight is 303 g/mol. The monoisotopic (exact) mass is 303 g/mol. The maximum Gasteiger partial charge on any atom is 0.142 e. The molecule has 0 saturated carbocycles. The Morgan fingerprint density at radius 3 is 3.00 bits per heavy atom. The first-order chi connectivity index (χ1) is 10.3. The van der Waals surface area contributed by atoms with E-state index in [1.165, 1.54) is 4.88 Å². The van der Waals surface area contributed by atoms with Crippen LogP contribution in [0, 0.1) is 5.92 Å². The normalized spacial score (nSPS) is 23.3. The predicted octanol–water partition coefficient (Wildman–Crippen LogP) is 2.80. The fourth-order valence-electron chi connectivity index (χ4n) is 2.91. The van der Waals surface area contributed by atoms with Gasteiger partial charge in [0.2, 0.25) is 0 Å². The van der Waals surface area contributed by atoms with Crippen LogP contribution in [0.1, 0.15) is 24.6 Å². The van der Waals surface area contributed by atoms with Gasteiger partial charge in [0.25, 0.3) is 0 Å². The summed E-state index contributed by atoms with van der Waals surface area (Å²) >= 11 is 1.72. The van der Waals surface area contributed by atoms with Gasteiger partial charge < -0.3 is 5.11 Å². The standard InChI is InChI=1S/C16H21N3OS/c1-12-8-13(11-20)5-7-19(12)10-14-9-18-16(21-14)15-4-2-3-6-17-15/h2-4,6,9,12-13,20H,5,7-8,10-11H2,1H3/t12-,13-/m0/s1. The number of hydrogen-bond acceptors (Lipinski definition) is 5. The Bertz CT molecular complexity index is 572. The molecule has 0 aliphatic carbocycles. The topological polar surface area (TPSA) is 49.2 Å². The number of aromatic nitrogens is 2. The number of likely N-dealkylation sites (tertiary alicyclic amines) is 1. The quantitative estimate of drug-likeness (QED) is 0.943. The summed E-state index contributed by atoms with van der Waals surface area (Å²) in [4.78, 5) is 12.6. The number of aliphatic hydroxyl groups excluding tert-OH is 1. The minimum absolute atomic E-state index is 0.322. The van der Waals surface area contributed by atoms with Crippen molar-refractivity contribution in [2.45, 2.75) is 32.4 Å². The van der Waals surface area contributed by atoms with Gasteiger partial charge in [0.05, 0.1) is 5.69 Å². The number of piperidine rings is 1. The first kappa shape index (κ1) is 14.6. The second-order valence-corrected chi connectivity index (χ2v) is 6.85. The molecule has 0 unspecified atom stereocenters. The molecule has 1 aliphatic heterocycles. The van der Waals surface area contributed by atoms with Crippen LogP contribution in [0.3, 0.4) is 0 Å². The Morgan fingerprint density at radius 1 is 1.38 bits per heavy atom. The molecule has 3 heterocycles. The van der Waals surface area contributed by atoms with E-state index in [4.69, 9.17) is 0 Å². The Labute approximate surface area is 129 Å². The predicted molar refractivity (Wildman–Crippen MR) is 85.0 cm³/mol. The van der Waals surface area contributed by atoms with E-state index < -0.39 is 0 Å². The summed E-state index contributed by atoms with van der Waals surface area (Å²) in [5.74, 6) is 0.474. The third-order valence-corrected chi connectivity index (χ3v) is 5.18. The third kappa shape index (κ3) is 3.48. The average Bonchev–Trinajstić information content (AvgIpc) is 2.99. The van der Waals surface area contributed by atoms with E-state index in [9.17, 15) is 5.11 Å². The van der Waals surface area contributed by atoms with Gasteiger partial charge in [0.15, 0.2) is 0 Å². The Morgan fingerprint density at radius 2 is 2.29 bits per heavy atom. The second-order valence-electron chi connectivity index (χ2n) is 5.74. The van der Waals surface area contributed by atoms with Crippen LogP contribution in [-0.4, -0.2) is 39.2 Å². The molecule has 1 aliphatic rings. The van der Waals surface area contributed by atoms with E-state index in [0.29, 0.717) is 18.6 Å². The lowest BCUT2D eigenvalue weighted by atomic mass is 9.92. The van der Waals surface area contributed by atoms with Crippen LogP contribution in [0.2, 0.25) is 0 Å². The summed E-state index contributed by atoms with van der Waals surface area (Å²) in [5, 5.41) is 10.3. The smallest absolute Gasteiger partial charge is 0.142 e. The van der Waals surface area contributed by atoms with Crippen molar-refractivity contribution in [2.24, 2.45) is 5.92 Å². The van der Waals surface area contributed by atoms with Crippen molar-refractivity contribution in [2.75, 3.05) is 13.2 Å². The molecule has 3 rings (SSSR count). The molecule has 0 aromatic carbocycles. The van der Waals surface area contributed by atoms with Gasteiger partial charge in [-0.05, 0) is 44.4 Å². The van der Waals surface area contributed by atoms with Crippen LogP contribution in [0.15, 0.2) is 30.6 Å². The molecule has 2 aromatic rings. The summed E-state index contributed by atoms with van der Waals surface area (Å²) < 4.78 is 0. The van der Waals surface area contributed by atoms with E-state index in [2.05, 4.69) is 21.8 Å². The maximum atomic E-state index is 9.28. The van der Waals surface area contributed by atoms with Crippen LogP contribution in [0.25, 0.3) is 10.7 Å². The van der Waals surface area contributed by atoms with Crippen molar-refractivity contribution in [3.63, 3.8) is 0 Å². The van der Waals surface area contributed by atoms with Gasteiger partial charge in [-0.25, -0.2) is 4.98 Å². The van der Waals surface area contributed by atoms with Crippen LogP contribution in [0.4, 0.5) is 0 Å². The van der Waals surface area contributed by atoms with Crippen LogP contribution in [0.5, 0.6) is 0 Å². The SMILES string of the molecule is C[C@H]1C[C@@H](CO)CCN1Cc1cnc(-c2ccccn2)s1. The van der Waals surface area contributed by atoms with Crippen molar-refractivity contribution in [1.29, 1.82) is 0 Å². The zero-order valence-electron chi connectivity index (χ0n) is 12.3.